The first-order valence-electron chi connectivity index (χ1n) is 5.80. The normalized spacial score (nSPS) is 11.6. The Balaban J connectivity index is 0. The van der Waals surface area contributed by atoms with Crippen molar-refractivity contribution in [1.82, 2.24) is 0 Å². The van der Waals surface area contributed by atoms with Gasteiger partial charge in [0.2, 0.25) is 0 Å². The lowest BCUT2D eigenvalue weighted by molar-refractivity contribution is -0.111. The van der Waals surface area contributed by atoms with Crippen molar-refractivity contribution in [1.29, 1.82) is 0 Å². The fraction of sp³-hybridized carbons (Fsp3) is 0.312. The number of methoxy groups -OCH3 is 1. The minimum absolute atomic E-state index is 0.0608. The summed E-state index contributed by atoms with van der Waals surface area (Å²) < 4.78 is 5.16. The van der Waals surface area contributed by atoms with Crippen LogP contribution in [0.3, 0.4) is 0 Å². The maximum absolute atomic E-state index is 11.7. The molecule has 0 atom stereocenters. The second-order valence-electron chi connectivity index (χ2n) is 3.53. The van der Waals surface area contributed by atoms with E-state index in [1.165, 1.54) is 6.08 Å². The molecular weight excluding hydrogens is 224 g/mol. The molecule has 18 heavy (non-hydrogen) atoms. The van der Waals surface area contributed by atoms with Gasteiger partial charge in [0.1, 0.15) is 5.76 Å². The maximum atomic E-state index is 11.7. The van der Waals surface area contributed by atoms with Gasteiger partial charge in [-0.15, -0.1) is 6.58 Å². The zero-order valence-electron chi connectivity index (χ0n) is 12.1. The highest BCUT2D eigenvalue weighted by Crippen LogP contribution is 2.14. The number of ketones is 1. The Morgan fingerprint density at radius 2 is 1.72 bits per heavy atom. The Hall–Kier alpha value is -1.83. The molecule has 0 saturated heterocycles. The topological polar surface area (TPSA) is 26.3 Å². The molecule has 2 heteroatoms. The minimum Gasteiger partial charge on any atom is -0.496 e. The highest BCUT2D eigenvalue weighted by Gasteiger charge is 2.10. The zero-order valence-corrected chi connectivity index (χ0v) is 12.1. The summed E-state index contributed by atoms with van der Waals surface area (Å²) in [6, 6.07) is 0. The molecule has 2 nitrogen and oxygen atoms in total. The number of carbonyl (C=O) groups excluding carboxylic acids is 1. The number of ether oxygens (including phenoxy) is 1. The first kappa shape index (κ1) is 18.5. The third-order valence-electron chi connectivity index (χ3n) is 1.74. The average molecular weight is 248 g/mol. The highest BCUT2D eigenvalue weighted by atomic mass is 16.5. The highest BCUT2D eigenvalue weighted by molar-refractivity contribution is 6.06. The molecule has 0 aliphatic rings. The molecule has 0 aromatic heterocycles. The van der Waals surface area contributed by atoms with Crippen LogP contribution in [0.2, 0.25) is 0 Å². The molecule has 0 bridgehead atoms. The van der Waals surface area contributed by atoms with Gasteiger partial charge in [-0.3, -0.25) is 4.79 Å². The summed E-state index contributed by atoms with van der Waals surface area (Å²) >= 11 is 0. The summed E-state index contributed by atoms with van der Waals surface area (Å²) in [6.45, 7) is 14.5. The predicted molar refractivity (Wildman–Crippen MR) is 79.4 cm³/mol. The van der Waals surface area contributed by atoms with E-state index in [1.807, 2.05) is 20.8 Å². The van der Waals surface area contributed by atoms with E-state index in [2.05, 4.69) is 13.2 Å². The summed E-state index contributed by atoms with van der Waals surface area (Å²) in [4.78, 5) is 11.7. The van der Waals surface area contributed by atoms with E-state index in [-0.39, 0.29) is 5.78 Å². The van der Waals surface area contributed by atoms with Gasteiger partial charge in [-0.1, -0.05) is 30.4 Å². The molecular formula is C16H24O2. The molecule has 0 N–H and O–H groups in total. The molecule has 0 fully saturated rings. The average Bonchev–Trinajstić information content (AvgIpc) is 2.29. The second-order valence-corrected chi connectivity index (χ2v) is 3.53. The van der Waals surface area contributed by atoms with Crippen LogP contribution in [-0.2, 0) is 9.53 Å². The Morgan fingerprint density at radius 1 is 1.22 bits per heavy atom. The number of hydrogen-bond acceptors (Lipinski definition) is 2. The van der Waals surface area contributed by atoms with Crippen molar-refractivity contribution in [2.45, 2.75) is 27.7 Å². The first-order valence-corrected chi connectivity index (χ1v) is 5.80. The van der Waals surface area contributed by atoms with Crippen LogP contribution in [-0.4, -0.2) is 12.9 Å². The van der Waals surface area contributed by atoms with Crippen molar-refractivity contribution in [3.63, 3.8) is 0 Å². The van der Waals surface area contributed by atoms with Crippen molar-refractivity contribution in [2.75, 3.05) is 7.11 Å². The minimum atomic E-state index is -0.0608. The van der Waals surface area contributed by atoms with Crippen LogP contribution in [0.25, 0.3) is 0 Å². The summed E-state index contributed by atoms with van der Waals surface area (Å²) in [6.07, 6.45) is 8.46. The quantitative estimate of drug-likeness (QED) is 0.312. The lowest BCUT2D eigenvalue weighted by Gasteiger charge is -2.07. The van der Waals surface area contributed by atoms with Gasteiger partial charge in [-0.25, -0.2) is 0 Å². The van der Waals surface area contributed by atoms with Crippen LogP contribution < -0.4 is 0 Å². The molecule has 0 aromatic carbocycles. The van der Waals surface area contributed by atoms with Gasteiger partial charge in [0.05, 0.1) is 12.7 Å². The molecule has 0 radical (unpaired) electrons. The number of allylic oxidation sites excluding steroid dienone is 7. The van der Waals surface area contributed by atoms with Crippen LogP contribution in [0.1, 0.15) is 27.7 Å². The zero-order chi connectivity index (χ0) is 14.6. The van der Waals surface area contributed by atoms with Crippen LogP contribution in [0, 0.1) is 0 Å². The number of carbonyl (C=O) groups is 1. The van der Waals surface area contributed by atoms with E-state index in [0.29, 0.717) is 11.3 Å². The third-order valence-corrected chi connectivity index (χ3v) is 1.74. The van der Waals surface area contributed by atoms with E-state index in [9.17, 15) is 4.79 Å². The molecule has 100 valence electrons. The SMILES string of the molecule is C=C(C)/C=C(OC)\C(=C/C)C(=O)/C=C/C.C=CC. The van der Waals surface area contributed by atoms with Crippen LogP contribution in [0.5, 0.6) is 0 Å². The summed E-state index contributed by atoms with van der Waals surface area (Å²) in [5.74, 6) is 0.488. The van der Waals surface area contributed by atoms with E-state index in [1.54, 1.807) is 38.3 Å². The van der Waals surface area contributed by atoms with Crippen LogP contribution in [0.4, 0.5) is 0 Å². The second kappa shape index (κ2) is 11.6. The maximum Gasteiger partial charge on any atom is 0.188 e. The van der Waals surface area contributed by atoms with E-state index in [0.717, 1.165) is 5.57 Å². The Labute approximate surface area is 111 Å². The van der Waals surface area contributed by atoms with Gasteiger partial charge in [0.15, 0.2) is 5.78 Å². The molecule has 0 rings (SSSR count). The van der Waals surface area contributed by atoms with E-state index < -0.39 is 0 Å². The van der Waals surface area contributed by atoms with Gasteiger partial charge in [0, 0.05) is 0 Å². The molecule has 0 aromatic rings. The van der Waals surface area contributed by atoms with E-state index >= 15 is 0 Å². The molecule has 0 spiro atoms. The molecule has 0 heterocycles. The third kappa shape index (κ3) is 8.34. The summed E-state index contributed by atoms with van der Waals surface area (Å²) in [5, 5.41) is 0. The van der Waals surface area contributed by atoms with Gasteiger partial charge < -0.3 is 4.74 Å². The fourth-order valence-electron chi connectivity index (χ4n) is 1.12. The largest absolute Gasteiger partial charge is 0.496 e. The standard InChI is InChI=1S/C13H18O2.C3H6/c1-6-8-12(14)11(7-2)13(15-5)9-10(3)4;1-3-2/h6-9H,3H2,1-2,4-5H3;3H,1H2,2H3/b8-6+,11-7-,13-9+;. The van der Waals surface area contributed by atoms with Gasteiger partial charge in [-0.2, -0.15) is 0 Å². The van der Waals surface area contributed by atoms with Crippen molar-refractivity contribution in [3.05, 3.63) is 60.4 Å². The number of hydrogen-bond donors (Lipinski definition) is 0. The van der Waals surface area contributed by atoms with Crippen LogP contribution in [0.15, 0.2) is 60.4 Å². The van der Waals surface area contributed by atoms with Crippen molar-refractivity contribution < 1.29 is 9.53 Å². The molecule has 0 aliphatic heterocycles. The first-order chi connectivity index (χ1) is 8.48. The molecule has 0 saturated carbocycles. The lowest BCUT2D eigenvalue weighted by atomic mass is 10.1. The predicted octanol–water partition coefficient (Wildman–Crippen LogP) is 4.38. The Bertz CT molecular complexity index is 369. The van der Waals surface area contributed by atoms with Crippen molar-refractivity contribution in [2.24, 2.45) is 0 Å². The molecule has 0 aliphatic carbocycles. The summed E-state index contributed by atoms with van der Waals surface area (Å²) in [7, 11) is 1.54. The fourth-order valence-corrected chi connectivity index (χ4v) is 1.12. The smallest absolute Gasteiger partial charge is 0.188 e. The Morgan fingerprint density at radius 3 is 2.00 bits per heavy atom. The van der Waals surface area contributed by atoms with E-state index in [4.69, 9.17) is 4.74 Å². The van der Waals surface area contributed by atoms with Crippen molar-refractivity contribution >= 4 is 5.78 Å². The van der Waals surface area contributed by atoms with Gasteiger partial charge in [0.25, 0.3) is 0 Å². The number of rotatable bonds is 5. The van der Waals surface area contributed by atoms with Crippen molar-refractivity contribution in [3.8, 4) is 0 Å². The van der Waals surface area contributed by atoms with Crippen LogP contribution >= 0.6 is 0 Å². The lowest BCUT2D eigenvalue weighted by Crippen LogP contribution is -2.03. The monoisotopic (exact) mass is 248 g/mol. The Kier molecular flexibility index (Phi) is 12.0. The molecule has 0 unspecified atom stereocenters. The van der Waals surface area contributed by atoms with Gasteiger partial charge in [-0.05, 0) is 39.8 Å². The molecule has 0 amide bonds. The van der Waals surface area contributed by atoms with Gasteiger partial charge >= 0.3 is 0 Å². The summed E-state index contributed by atoms with van der Waals surface area (Å²) in [5.41, 5.74) is 1.40.